The first kappa shape index (κ1) is 11.0. The molecule has 1 aliphatic heterocycles. The Morgan fingerprint density at radius 1 is 1.29 bits per heavy atom. The minimum absolute atomic E-state index is 0.671. The van der Waals surface area contributed by atoms with Crippen molar-refractivity contribution >= 4 is 6.01 Å². The first-order valence-corrected chi connectivity index (χ1v) is 6.65. The highest BCUT2D eigenvalue weighted by Gasteiger charge is 2.37. The average Bonchev–Trinajstić information content (AvgIpc) is 3.00. The number of aromatic nitrogens is 2. The van der Waals surface area contributed by atoms with Crippen LogP contribution in [0.1, 0.15) is 32.1 Å². The zero-order valence-corrected chi connectivity index (χ0v) is 10.4. The molecule has 0 radical (unpaired) electrons. The second kappa shape index (κ2) is 4.64. The van der Waals surface area contributed by atoms with E-state index < -0.39 is 0 Å². The van der Waals surface area contributed by atoms with E-state index in [0.29, 0.717) is 18.5 Å². The second-order valence-electron chi connectivity index (χ2n) is 5.11. The Kier molecular flexibility index (Phi) is 3.01. The van der Waals surface area contributed by atoms with E-state index in [1.165, 1.54) is 19.3 Å². The smallest absolute Gasteiger partial charge is 0.318 e. The van der Waals surface area contributed by atoms with Gasteiger partial charge in [-0.1, -0.05) is 18.4 Å². The Morgan fingerprint density at radius 3 is 2.76 bits per heavy atom. The van der Waals surface area contributed by atoms with Crippen LogP contribution in [-0.2, 0) is 6.54 Å². The van der Waals surface area contributed by atoms with Crippen molar-refractivity contribution in [3.8, 4) is 0 Å². The predicted octanol–water partition coefficient (Wildman–Crippen LogP) is 1.42. The molecule has 2 fully saturated rings. The van der Waals surface area contributed by atoms with Gasteiger partial charge in [0.25, 0.3) is 0 Å². The summed E-state index contributed by atoms with van der Waals surface area (Å²) in [6, 6.07) is 0.715. The van der Waals surface area contributed by atoms with Crippen LogP contribution in [0, 0.1) is 11.8 Å². The SMILES string of the molecule is CCNCc1nnc(N2CC3CCCC3C2)o1. The van der Waals surface area contributed by atoms with Crippen LogP contribution in [0.3, 0.4) is 0 Å². The fraction of sp³-hybridized carbons (Fsp3) is 0.833. The van der Waals surface area contributed by atoms with E-state index in [0.717, 1.165) is 31.5 Å². The van der Waals surface area contributed by atoms with E-state index in [9.17, 15) is 0 Å². The topological polar surface area (TPSA) is 54.2 Å². The molecule has 0 amide bonds. The van der Waals surface area contributed by atoms with Crippen LogP contribution in [0.2, 0.25) is 0 Å². The van der Waals surface area contributed by atoms with Crippen LogP contribution in [0.4, 0.5) is 6.01 Å². The molecule has 2 atom stereocenters. The van der Waals surface area contributed by atoms with Gasteiger partial charge in [-0.2, -0.15) is 0 Å². The minimum atomic E-state index is 0.671. The molecule has 1 saturated heterocycles. The summed E-state index contributed by atoms with van der Waals surface area (Å²) in [5.74, 6) is 2.41. The summed E-state index contributed by atoms with van der Waals surface area (Å²) in [4.78, 5) is 2.26. The number of nitrogens with one attached hydrogen (secondary N) is 1. The highest BCUT2D eigenvalue weighted by atomic mass is 16.4. The molecule has 94 valence electrons. The van der Waals surface area contributed by atoms with Crippen LogP contribution in [0.15, 0.2) is 4.42 Å². The van der Waals surface area contributed by atoms with Crippen LogP contribution in [-0.4, -0.2) is 29.8 Å². The molecule has 5 heteroatoms. The van der Waals surface area contributed by atoms with E-state index in [1.54, 1.807) is 0 Å². The third-order valence-electron chi connectivity index (χ3n) is 3.98. The van der Waals surface area contributed by atoms with Crippen molar-refractivity contribution in [1.29, 1.82) is 0 Å². The van der Waals surface area contributed by atoms with Gasteiger partial charge in [-0.25, -0.2) is 0 Å². The van der Waals surface area contributed by atoms with Crippen molar-refractivity contribution in [2.45, 2.75) is 32.7 Å². The molecule has 0 aromatic carbocycles. The number of rotatable bonds is 4. The van der Waals surface area contributed by atoms with Gasteiger partial charge in [0.15, 0.2) is 0 Å². The lowest BCUT2D eigenvalue weighted by molar-refractivity contribution is 0.466. The first-order valence-electron chi connectivity index (χ1n) is 6.65. The standard InChI is InChI=1S/C12H20N4O/c1-2-13-6-11-14-15-12(17-11)16-7-9-4-3-5-10(9)8-16/h9-10,13H,2-8H2,1H3. The maximum Gasteiger partial charge on any atom is 0.318 e. The molecule has 5 nitrogen and oxygen atoms in total. The van der Waals surface area contributed by atoms with Crippen molar-refractivity contribution in [3.63, 3.8) is 0 Å². The maximum atomic E-state index is 5.68. The fourth-order valence-corrected chi connectivity index (χ4v) is 3.07. The molecular weight excluding hydrogens is 216 g/mol. The summed E-state index contributed by atoms with van der Waals surface area (Å²) < 4.78 is 5.68. The summed E-state index contributed by atoms with van der Waals surface area (Å²) in [7, 11) is 0. The van der Waals surface area contributed by atoms with Crippen LogP contribution < -0.4 is 10.2 Å². The van der Waals surface area contributed by atoms with E-state index in [1.807, 2.05) is 0 Å². The Morgan fingerprint density at radius 2 is 2.06 bits per heavy atom. The van der Waals surface area contributed by atoms with E-state index in [4.69, 9.17) is 4.42 Å². The summed E-state index contributed by atoms with van der Waals surface area (Å²) >= 11 is 0. The van der Waals surface area contributed by atoms with Crippen molar-refractivity contribution in [2.24, 2.45) is 11.8 Å². The molecule has 0 spiro atoms. The molecule has 1 aromatic rings. The molecular formula is C12H20N4O. The van der Waals surface area contributed by atoms with Gasteiger partial charge in [0.05, 0.1) is 6.54 Å². The molecule has 1 aromatic heterocycles. The summed E-state index contributed by atoms with van der Waals surface area (Å²) in [5.41, 5.74) is 0. The number of anilines is 1. The molecule has 2 unspecified atom stereocenters. The quantitative estimate of drug-likeness (QED) is 0.856. The van der Waals surface area contributed by atoms with Gasteiger partial charge in [0.2, 0.25) is 5.89 Å². The van der Waals surface area contributed by atoms with Gasteiger partial charge in [-0.15, -0.1) is 5.10 Å². The molecule has 1 aliphatic carbocycles. The fourth-order valence-electron chi connectivity index (χ4n) is 3.07. The summed E-state index contributed by atoms with van der Waals surface area (Å²) in [6.07, 6.45) is 4.15. The molecule has 17 heavy (non-hydrogen) atoms. The Balaban J connectivity index is 1.63. The molecule has 0 bridgehead atoms. The summed E-state index contributed by atoms with van der Waals surface area (Å²) in [6.45, 7) is 5.87. The van der Waals surface area contributed by atoms with Crippen LogP contribution in [0.25, 0.3) is 0 Å². The van der Waals surface area contributed by atoms with Gasteiger partial charge >= 0.3 is 6.01 Å². The zero-order valence-electron chi connectivity index (χ0n) is 10.4. The molecule has 2 heterocycles. The molecule has 1 N–H and O–H groups in total. The third-order valence-corrected chi connectivity index (χ3v) is 3.98. The van der Waals surface area contributed by atoms with Gasteiger partial charge in [0.1, 0.15) is 0 Å². The lowest BCUT2D eigenvalue weighted by Crippen LogP contribution is -2.20. The zero-order chi connectivity index (χ0) is 11.7. The van der Waals surface area contributed by atoms with Crippen LogP contribution in [0.5, 0.6) is 0 Å². The van der Waals surface area contributed by atoms with Crippen molar-refractivity contribution < 1.29 is 4.42 Å². The largest absolute Gasteiger partial charge is 0.407 e. The second-order valence-corrected chi connectivity index (χ2v) is 5.11. The van der Waals surface area contributed by atoms with E-state index >= 15 is 0 Å². The number of hydrogen-bond donors (Lipinski definition) is 1. The van der Waals surface area contributed by atoms with Crippen molar-refractivity contribution in [2.75, 3.05) is 24.5 Å². The Labute approximate surface area is 102 Å². The lowest BCUT2D eigenvalue weighted by atomic mass is 10.0. The van der Waals surface area contributed by atoms with Crippen LogP contribution >= 0.6 is 0 Å². The average molecular weight is 236 g/mol. The van der Waals surface area contributed by atoms with E-state index in [-0.39, 0.29) is 0 Å². The third kappa shape index (κ3) is 2.16. The highest BCUT2D eigenvalue weighted by molar-refractivity contribution is 5.27. The van der Waals surface area contributed by atoms with Gasteiger partial charge in [0, 0.05) is 13.1 Å². The molecule has 1 saturated carbocycles. The van der Waals surface area contributed by atoms with Gasteiger partial charge in [-0.05, 0) is 31.2 Å². The predicted molar refractivity (Wildman–Crippen MR) is 64.7 cm³/mol. The maximum absolute atomic E-state index is 5.68. The van der Waals surface area contributed by atoms with Gasteiger partial charge < -0.3 is 14.6 Å². The minimum Gasteiger partial charge on any atom is -0.407 e. The molecule has 2 aliphatic rings. The highest BCUT2D eigenvalue weighted by Crippen LogP contribution is 2.39. The monoisotopic (exact) mass is 236 g/mol. The van der Waals surface area contributed by atoms with Crippen molar-refractivity contribution in [1.82, 2.24) is 15.5 Å². The normalized spacial score (nSPS) is 27.7. The van der Waals surface area contributed by atoms with Crippen molar-refractivity contribution in [3.05, 3.63) is 5.89 Å². The Hall–Kier alpha value is -1.10. The molecule has 3 rings (SSSR count). The number of fused-ring (bicyclic) bond motifs is 1. The van der Waals surface area contributed by atoms with Gasteiger partial charge in [-0.3, -0.25) is 0 Å². The lowest BCUT2D eigenvalue weighted by Gasteiger charge is -2.12. The summed E-state index contributed by atoms with van der Waals surface area (Å²) in [5, 5.41) is 11.4. The first-order chi connectivity index (χ1) is 8.36. The number of nitrogens with zero attached hydrogens (tertiary/aromatic N) is 3. The number of hydrogen-bond acceptors (Lipinski definition) is 5. The Bertz CT molecular complexity index is 366. The van der Waals surface area contributed by atoms with E-state index in [2.05, 4.69) is 27.3 Å².